The Bertz CT molecular complexity index is 1270. The maximum absolute atomic E-state index is 13.1. The Morgan fingerprint density at radius 1 is 1.03 bits per heavy atom. The number of carbonyl (C=O) groups excluding carboxylic acids is 2. The predicted molar refractivity (Wildman–Crippen MR) is 110 cm³/mol. The molecule has 2 amide bonds. The van der Waals surface area contributed by atoms with Gasteiger partial charge in [0.1, 0.15) is 11.4 Å². The summed E-state index contributed by atoms with van der Waals surface area (Å²) >= 11 is 0. The number of amides is 2. The number of rotatable bonds is 5. The lowest BCUT2D eigenvalue weighted by atomic mass is 10.1. The zero-order valence-electron chi connectivity index (χ0n) is 16.6. The van der Waals surface area contributed by atoms with Gasteiger partial charge in [-0.2, -0.15) is 5.11 Å². The Labute approximate surface area is 176 Å². The fourth-order valence-corrected chi connectivity index (χ4v) is 3.82. The number of fused-ring (bicyclic) bond motifs is 2. The van der Waals surface area contributed by atoms with Crippen molar-refractivity contribution in [3.8, 4) is 5.75 Å². The molecule has 0 aliphatic carbocycles. The zero-order chi connectivity index (χ0) is 21.5. The zero-order valence-corrected chi connectivity index (χ0v) is 16.6. The molecule has 2 aliphatic rings. The average Bonchev–Trinajstić information content (AvgIpc) is 3.29. The summed E-state index contributed by atoms with van der Waals surface area (Å²) in [6.45, 7) is 2.48. The van der Waals surface area contributed by atoms with Gasteiger partial charge in [0.25, 0.3) is 17.4 Å². The van der Waals surface area contributed by atoms with Crippen LogP contribution < -0.4 is 15.2 Å². The number of hydrogen-bond acceptors (Lipinski definition) is 8. The van der Waals surface area contributed by atoms with Crippen molar-refractivity contribution in [2.24, 2.45) is 10.3 Å². The lowest BCUT2D eigenvalue weighted by molar-refractivity contribution is -0.123. The smallest absolute Gasteiger partial charge is 0.263 e. The number of imide groups is 1. The van der Waals surface area contributed by atoms with E-state index in [2.05, 4.69) is 15.3 Å². The molecule has 1 fully saturated rings. The van der Waals surface area contributed by atoms with Gasteiger partial charge >= 0.3 is 0 Å². The number of nitrogens with zero attached hydrogens (tertiary/aromatic N) is 6. The summed E-state index contributed by atoms with van der Waals surface area (Å²) in [6, 6.07) is 11.6. The lowest BCUT2D eigenvalue weighted by Crippen LogP contribution is -2.39. The predicted octanol–water partition coefficient (Wildman–Crippen LogP) is 1.59. The van der Waals surface area contributed by atoms with Crippen LogP contribution in [-0.4, -0.2) is 44.9 Å². The normalized spacial score (nSPS) is 20.0. The summed E-state index contributed by atoms with van der Waals surface area (Å²) in [7, 11) is 0. The molecule has 10 heteroatoms. The van der Waals surface area contributed by atoms with Crippen LogP contribution in [0.25, 0.3) is 5.65 Å². The second kappa shape index (κ2) is 7.31. The summed E-state index contributed by atoms with van der Waals surface area (Å²) < 4.78 is 6.84. The van der Waals surface area contributed by atoms with E-state index in [4.69, 9.17) is 4.74 Å². The van der Waals surface area contributed by atoms with Crippen LogP contribution in [0.15, 0.2) is 69.9 Å². The van der Waals surface area contributed by atoms with E-state index in [1.165, 1.54) is 15.5 Å². The summed E-state index contributed by atoms with van der Waals surface area (Å²) in [5.41, 5.74) is 1.14. The van der Waals surface area contributed by atoms with Gasteiger partial charge in [0.15, 0.2) is 12.1 Å². The van der Waals surface area contributed by atoms with Crippen molar-refractivity contribution in [1.29, 1.82) is 0 Å². The van der Waals surface area contributed by atoms with Crippen LogP contribution in [0.4, 0.5) is 5.69 Å². The Kier molecular flexibility index (Phi) is 4.46. The number of hydrogen-bond donors (Lipinski definition) is 0. The molecule has 2 aliphatic heterocycles. The van der Waals surface area contributed by atoms with Gasteiger partial charge in [0.05, 0.1) is 24.5 Å². The van der Waals surface area contributed by atoms with Gasteiger partial charge in [-0.25, -0.2) is 9.88 Å². The topological polar surface area (TPSA) is 109 Å². The van der Waals surface area contributed by atoms with Crippen molar-refractivity contribution in [3.05, 3.63) is 70.8 Å². The third-order valence-electron chi connectivity index (χ3n) is 5.21. The van der Waals surface area contributed by atoms with E-state index in [9.17, 15) is 14.4 Å². The maximum Gasteiger partial charge on any atom is 0.263 e. The quantitative estimate of drug-likeness (QED) is 0.582. The van der Waals surface area contributed by atoms with E-state index in [0.29, 0.717) is 29.4 Å². The number of pyridine rings is 1. The number of ether oxygens (including phenoxy) is 1. The molecule has 0 N–H and O–H groups in total. The van der Waals surface area contributed by atoms with Crippen LogP contribution >= 0.6 is 0 Å². The fourth-order valence-electron chi connectivity index (χ4n) is 3.82. The van der Waals surface area contributed by atoms with E-state index in [1.54, 1.807) is 48.7 Å². The molecular weight excluding hydrogens is 400 g/mol. The molecule has 10 nitrogen and oxygen atoms in total. The monoisotopic (exact) mass is 418 g/mol. The van der Waals surface area contributed by atoms with E-state index >= 15 is 0 Å². The first-order chi connectivity index (χ1) is 15.1. The molecule has 3 aromatic rings. The second-order valence-electron chi connectivity index (χ2n) is 7.15. The van der Waals surface area contributed by atoms with Gasteiger partial charge in [0.2, 0.25) is 0 Å². The summed E-state index contributed by atoms with van der Waals surface area (Å²) in [6.07, 6.45) is 1.63. The van der Waals surface area contributed by atoms with E-state index in [-0.39, 0.29) is 12.1 Å². The molecule has 4 heterocycles. The van der Waals surface area contributed by atoms with Crippen LogP contribution in [0.1, 0.15) is 12.6 Å². The summed E-state index contributed by atoms with van der Waals surface area (Å²) in [5, 5.41) is 9.45. The van der Waals surface area contributed by atoms with Gasteiger partial charge < -0.3 is 4.74 Å². The molecule has 156 valence electrons. The molecule has 0 unspecified atom stereocenters. The molecule has 1 saturated heterocycles. The molecule has 1 aromatic carbocycles. The van der Waals surface area contributed by atoms with Crippen LogP contribution in [0, 0.1) is 0 Å². The van der Waals surface area contributed by atoms with Crippen molar-refractivity contribution in [2.45, 2.75) is 25.6 Å². The Morgan fingerprint density at radius 3 is 2.61 bits per heavy atom. The average molecular weight is 418 g/mol. The largest absolute Gasteiger partial charge is 0.494 e. The minimum absolute atomic E-state index is 0.0848. The molecule has 0 saturated carbocycles. The SMILES string of the molecule is CCOc1ccc(N2C(=O)[C@@H]3[C@@H](N=NN3Cc3cc(=O)n4ccccc4n3)C2=O)cc1. The highest BCUT2D eigenvalue weighted by atomic mass is 16.5. The highest BCUT2D eigenvalue weighted by molar-refractivity contribution is 6.25. The Morgan fingerprint density at radius 2 is 1.84 bits per heavy atom. The van der Waals surface area contributed by atoms with Crippen LogP contribution in [0.3, 0.4) is 0 Å². The Hall–Kier alpha value is -4.08. The standard InChI is InChI=1S/C21H18N6O4/c1-2-31-15-8-6-14(7-9-15)27-20(29)18-19(21(27)30)26(24-23-18)12-13-11-17(28)25-10-4-3-5-16(25)22-13/h3-11,18-19H,2,12H2,1H3/t18-,19+/m1/s1. The van der Waals surface area contributed by atoms with Crippen molar-refractivity contribution >= 4 is 23.1 Å². The van der Waals surface area contributed by atoms with Gasteiger partial charge in [-0.05, 0) is 43.3 Å². The van der Waals surface area contributed by atoms with E-state index in [0.717, 1.165) is 4.90 Å². The fraction of sp³-hybridized carbons (Fsp3) is 0.238. The molecule has 0 radical (unpaired) electrons. The number of carbonyl (C=O) groups is 2. The van der Waals surface area contributed by atoms with Gasteiger partial charge in [0, 0.05) is 12.3 Å². The first-order valence-electron chi connectivity index (χ1n) is 9.82. The van der Waals surface area contributed by atoms with E-state index in [1.807, 2.05) is 6.92 Å². The van der Waals surface area contributed by atoms with Crippen molar-refractivity contribution in [3.63, 3.8) is 0 Å². The summed E-state index contributed by atoms with van der Waals surface area (Å²) in [5.74, 6) is -0.195. The number of anilines is 1. The highest BCUT2D eigenvalue weighted by Gasteiger charge is 2.54. The van der Waals surface area contributed by atoms with Gasteiger partial charge in [-0.3, -0.25) is 23.8 Å². The third kappa shape index (κ3) is 3.12. The molecular formula is C21H18N6O4. The number of aromatic nitrogens is 2. The van der Waals surface area contributed by atoms with Crippen LogP contribution in [0.5, 0.6) is 5.75 Å². The minimum atomic E-state index is -0.916. The molecule has 0 bridgehead atoms. The second-order valence-corrected chi connectivity index (χ2v) is 7.15. The maximum atomic E-state index is 13.1. The van der Waals surface area contributed by atoms with Crippen molar-refractivity contribution < 1.29 is 14.3 Å². The first-order valence-corrected chi connectivity index (χ1v) is 9.82. The Balaban J connectivity index is 1.40. The minimum Gasteiger partial charge on any atom is -0.494 e. The molecule has 5 rings (SSSR count). The van der Waals surface area contributed by atoms with Crippen LogP contribution in [0.2, 0.25) is 0 Å². The molecule has 2 atom stereocenters. The lowest BCUT2D eigenvalue weighted by Gasteiger charge is -2.20. The third-order valence-corrected chi connectivity index (χ3v) is 5.21. The van der Waals surface area contributed by atoms with Crippen molar-refractivity contribution in [2.75, 3.05) is 11.5 Å². The van der Waals surface area contributed by atoms with Gasteiger partial charge in [-0.1, -0.05) is 11.3 Å². The van der Waals surface area contributed by atoms with E-state index < -0.39 is 23.9 Å². The molecule has 2 aromatic heterocycles. The molecule has 31 heavy (non-hydrogen) atoms. The first kappa shape index (κ1) is 18.9. The van der Waals surface area contributed by atoms with Gasteiger partial charge in [-0.15, -0.1) is 0 Å². The number of benzene rings is 1. The summed E-state index contributed by atoms with van der Waals surface area (Å²) in [4.78, 5) is 43.9. The van der Waals surface area contributed by atoms with Crippen molar-refractivity contribution in [1.82, 2.24) is 14.4 Å². The highest BCUT2D eigenvalue weighted by Crippen LogP contribution is 2.33. The molecule has 0 spiro atoms. The van der Waals surface area contributed by atoms with Crippen LogP contribution in [-0.2, 0) is 16.1 Å².